The van der Waals surface area contributed by atoms with Crippen molar-refractivity contribution in [1.82, 2.24) is 15.0 Å². The van der Waals surface area contributed by atoms with Gasteiger partial charge in [0.05, 0.1) is 16.6 Å². The normalized spacial score (nSPS) is 19.4. The first-order valence-corrected chi connectivity index (χ1v) is 10.4. The molecule has 1 unspecified atom stereocenters. The Labute approximate surface area is 170 Å². The highest BCUT2D eigenvalue weighted by Crippen LogP contribution is 2.34. The fourth-order valence-corrected chi connectivity index (χ4v) is 4.74. The van der Waals surface area contributed by atoms with Gasteiger partial charge in [0.1, 0.15) is 0 Å². The van der Waals surface area contributed by atoms with Crippen molar-refractivity contribution in [3.05, 3.63) is 52.8 Å². The number of aromatic nitrogens is 2. The molecular formula is C23H26N4O2. The van der Waals surface area contributed by atoms with Crippen LogP contribution in [0.2, 0.25) is 0 Å². The molecule has 1 saturated heterocycles. The molecule has 1 amide bonds. The molecule has 2 aliphatic heterocycles. The quantitative estimate of drug-likeness (QED) is 0.654. The van der Waals surface area contributed by atoms with Gasteiger partial charge < -0.3 is 9.42 Å². The highest BCUT2D eigenvalue weighted by Gasteiger charge is 2.35. The number of rotatable bonds is 2. The predicted molar refractivity (Wildman–Crippen MR) is 112 cm³/mol. The molecular weight excluding hydrogens is 364 g/mol. The molecule has 3 aromatic rings. The smallest absolute Gasteiger partial charge is 0.259 e. The molecule has 1 aromatic carbocycles. The lowest BCUT2D eigenvalue weighted by Crippen LogP contribution is -2.40. The molecule has 150 valence electrons. The van der Waals surface area contributed by atoms with Crippen LogP contribution in [-0.2, 0) is 6.54 Å². The minimum absolute atomic E-state index is 0.00630. The Kier molecular flexibility index (Phi) is 4.39. The van der Waals surface area contributed by atoms with E-state index in [1.807, 2.05) is 24.0 Å². The number of anilines is 1. The predicted octanol–water partition coefficient (Wildman–Crippen LogP) is 4.28. The number of para-hydroxylation sites is 1. The van der Waals surface area contributed by atoms with Crippen LogP contribution < -0.4 is 4.90 Å². The van der Waals surface area contributed by atoms with Gasteiger partial charge in [-0.2, -0.15) is 0 Å². The van der Waals surface area contributed by atoms with Gasteiger partial charge in [-0.05, 0) is 49.9 Å². The van der Waals surface area contributed by atoms with E-state index in [1.54, 1.807) is 0 Å². The number of hydrogen-bond donors (Lipinski definition) is 0. The maximum atomic E-state index is 14.0. The largest absolute Gasteiger partial charge is 0.335 e. The summed E-state index contributed by atoms with van der Waals surface area (Å²) < 4.78 is 5.49. The van der Waals surface area contributed by atoms with E-state index < -0.39 is 0 Å². The molecule has 0 N–H and O–H groups in total. The van der Waals surface area contributed by atoms with Crippen LogP contribution in [0.5, 0.6) is 0 Å². The molecule has 0 radical (unpaired) electrons. The van der Waals surface area contributed by atoms with Gasteiger partial charge in [-0.15, -0.1) is 0 Å². The Morgan fingerprint density at radius 2 is 2.10 bits per heavy atom. The Hall–Kier alpha value is -2.73. The molecule has 6 nitrogen and oxygen atoms in total. The third-order valence-electron chi connectivity index (χ3n) is 6.17. The number of carbonyl (C=O) groups is 1. The van der Waals surface area contributed by atoms with Crippen LogP contribution >= 0.6 is 0 Å². The van der Waals surface area contributed by atoms with Crippen molar-refractivity contribution in [3.63, 3.8) is 0 Å². The summed E-state index contributed by atoms with van der Waals surface area (Å²) in [4.78, 5) is 22.9. The van der Waals surface area contributed by atoms with E-state index >= 15 is 0 Å². The fourth-order valence-electron chi connectivity index (χ4n) is 4.74. The first-order valence-electron chi connectivity index (χ1n) is 10.4. The molecule has 5 rings (SSSR count). The third kappa shape index (κ3) is 3.02. The summed E-state index contributed by atoms with van der Waals surface area (Å²) in [5.41, 5.74) is 4.86. The van der Waals surface area contributed by atoms with E-state index in [0.29, 0.717) is 23.9 Å². The zero-order valence-corrected chi connectivity index (χ0v) is 17.2. The van der Waals surface area contributed by atoms with Crippen molar-refractivity contribution >= 4 is 22.7 Å². The summed E-state index contributed by atoms with van der Waals surface area (Å²) in [6.45, 7) is 8.72. The van der Waals surface area contributed by atoms with Crippen LogP contribution in [-0.4, -0.2) is 40.1 Å². The minimum atomic E-state index is 0.00630. The maximum absolute atomic E-state index is 14.0. The summed E-state index contributed by atoms with van der Waals surface area (Å²) >= 11 is 0. The summed E-state index contributed by atoms with van der Waals surface area (Å²) in [7, 11) is 0. The minimum Gasteiger partial charge on any atom is -0.335 e. The number of aryl methyl sites for hydroxylation is 1. The summed E-state index contributed by atoms with van der Waals surface area (Å²) in [5, 5.41) is 4.97. The zero-order valence-electron chi connectivity index (χ0n) is 17.2. The van der Waals surface area contributed by atoms with Gasteiger partial charge in [-0.25, -0.2) is 4.98 Å². The monoisotopic (exact) mass is 390 g/mol. The highest BCUT2D eigenvalue weighted by molar-refractivity contribution is 6.14. The number of hydrogen-bond acceptors (Lipinski definition) is 5. The molecule has 1 fully saturated rings. The van der Waals surface area contributed by atoms with Crippen LogP contribution in [0.25, 0.3) is 11.1 Å². The Bertz CT molecular complexity index is 1090. The second-order valence-electron chi connectivity index (χ2n) is 8.52. The van der Waals surface area contributed by atoms with Crippen molar-refractivity contribution in [1.29, 1.82) is 0 Å². The van der Waals surface area contributed by atoms with Crippen molar-refractivity contribution in [3.8, 4) is 0 Å². The third-order valence-corrected chi connectivity index (χ3v) is 6.17. The highest BCUT2D eigenvalue weighted by atomic mass is 16.5. The fraction of sp³-hybridized carbons (Fsp3) is 0.435. The molecule has 6 heteroatoms. The van der Waals surface area contributed by atoms with Crippen LogP contribution in [0.1, 0.15) is 59.9 Å². The summed E-state index contributed by atoms with van der Waals surface area (Å²) in [5.74, 6) is 0.154. The second kappa shape index (κ2) is 6.95. The maximum Gasteiger partial charge on any atom is 0.259 e. The lowest BCUT2D eigenvalue weighted by atomic mass is 10.0. The van der Waals surface area contributed by atoms with E-state index in [2.05, 4.69) is 47.1 Å². The standard InChI is InChI=1S/C23H26N4O2/c1-14(2)21-20-18(11-15(3)24-22(20)29-25-21)23(28)27-13-17-8-6-10-26(17)12-16-7-4-5-9-19(16)27/h4-5,7,9,11,14,17H,6,8,10,12-13H2,1-3H3. The van der Waals surface area contributed by atoms with Gasteiger partial charge in [-0.1, -0.05) is 37.2 Å². The van der Waals surface area contributed by atoms with Crippen LogP contribution in [0.4, 0.5) is 5.69 Å². The molecule has 0 spiro atoms. The van der Waals surface area contributed by atoms with Gasteiger partial charge in [-0.3, -0.25) is 9.69 Å². The molecule has 0 bridgehead atoms. The van der Waals surface area contributed by atoms with Gasteiger partial charge in [0.15, 0.2) is 0 Å². The van der Waals surface area contributed by atoms with Crippen LogP contribution in [0, 0.1) is 6.92 Å². The number of pyridine rings is 1. The van der Waals surface area contributed by atoms with Crippen LogP contribution in [0.3, 0.4) is 0 Å². The molecule has 4 heterocycles. The van der Waals surface area contributed by atoms with Gasteiger partial charge in [0, 0.05) is 30.5 Å². The van der Waals surface area contributed by atoms with E-state index in [0.717, 1.165) is 42.0 Å². The number of carbonyl (C=O) groups excluding carboxylic acids is 1. The first kappa shape index (κ1) is 18.3. The molecule has 0 aliphatic carbocycles. The van der Waals surface area contributed by atoms with E-state index in [4.69, 9.17) is 4.52 Å². The topological polar surface area (TPSA) is 62.5 Å². The lowest BCUT2D eigenvalue weighted by Gasteiger charge is -2.27. The van der Waals surface area contributed by atoms with E-state index in [9.17, 15) is 4.79 Å². The average molecular weight is 390 g/mol. The first-order chi connectivity index (χ1) is 14.0. The molecule has 0 saturated carbocycles. The van der Waals surface area contributed by atoms with E-state index in [1.165, 1.54) is 12.0 Å². The molecule has 2 aromatic heterocycles. The van der Waals surface area contributed by atoms with Gasteiger partial charge >= 0.3 is 0 Å². The van der Waals surface area contributed by atoms with Gasteiger partial charge in [0.2, 0.25) is 0 Å². The number of benzene rings is 1. The number of fused-ring (bicyclic) bond motifs is 3. The van der Waals surface area contributed by atoms with Crippen molar-refractivity contribution in [2.75, 3.05) is 18.0 Å². The summed E-state index contributed by atoms with van der Waals surface area (Å²) in [6.07, 6.45) is 2.32. The van der Waals surface area contributed by atoms with Crippen molar-refractivity contribution < 1.29 is 9.32 Å². The lowest BCUT2D eigenvalue weighted by molar-refractivity contribution is 0.0982. The van der Waals surface area contributed by atoms with Crippen LogP contribution in [0.15, 0.2) is 34.9 Å². The second-order valence-corrected chi connectivity index (χ2v) is 8.52. The average Bonchev–Trinajstić information content (AvgIpc) is 3.29. The molecule has 1 atom stereocenters. The number of nitrogens with zero attached hydrogens (tertiary/aromatic N) is 4. The SMILES string of the molecule is Cc1cc(C(=O)N2CC3CCCN3Cc3ccccc32)c2c(C(C)C)noc2n1. The van der Waals surface area contributed by atoms with E-state index in [-0.39, 0.29) is 11.8 Å². The Morgan fingerprint density at radius 1 is 1.28 bits per heavy atom. The zero-order chi connectivity index (χ0) is 20.1. The molecule has 29 heavy (non-hydrogen) atoms. The number of amides is 1. The van der Waals surface area contributed by atoms with Crippen molar-refractivity contribution in [2.45, 2.75) is 52.1 Å². The Morgan fingerprint density at radius 3 is 2.93 bits per heavy atom. The molecule has 2 aliphatic rings. The summed E-state index contributed by atoms with van der Waals surface area (Å²) in [6, 6.07) is 10.6. The van der Waals surface area contributed by atoms with Crippen molar-refractivity contribution in [2.24, 2.45) is 0 Å². The van der Waals surface area contributed by atoms with Gasteiger partial charge in [0.25, 0.3) is 11.6 Å². The Balaban J connectivity index is 1.66.